The van der Waals surface area contributed by atoms with Crippen LogP contribution in [0.15, 0.2) is 35.7 Å². The Kier molecular flexibility index (Phi) is 6.64. The Labute approximate surface area is 184 Å². The summed E-state index contributed by atoms with van der Waals surface area (Å²) in [6.07, 6.45) is 2.61. The van der Waals surface area contributed by atoms with Crippen molar-refractivity contribution >= 4 is 40.5 Å². The Bertz CT molecular complexity index is 956. The maximum atomic E-state index is 12.9. The number of carbonyl (C=O) groups is 3. The van der Waals surface area contributed by atoms with Crippen molar-refractivity contribution in [3.63, 3.8) is 0 Å². The van der Waals surface area contributed by atoms with Crippen LogP contribution >= 0.6 is 11.3 Å². The van der Waals surface area contributed by atoms with Crippen LogP contribution in [0, 0.1) is 0 Å². The Morgan fingerprint density at radius 2 is 2.13 bits per heavy atom. The van der Waals surface area contributed by atoms with Crippen LogP contribution in [-0.4, -0.2) is 61.8 Å². The first kappa shape index (κ1) is 21.5. The molecule has 2 N–H and O–H groups in total. The van der Waals surface area contributed by atoms with Crippen LogP contribution in [0.4, 0.5) is 11.4 Å². The van der Waals surface area contributed by atoms with Crippen LogP contribution in [0.25, 0.3) is 0 Å². The lowest BCUT2D eigenvalue weighted by molar-refractivity contribution is -0.122. The molecular weight excluding hydrogens is 418 g/mol. The molecule has 3 heterocycles. The van der Waals surface area contributed by atoms with Gasteiger partial charge in [0.1, 0.15) is 6.54 Å². The van der Waals surface area contributed by atoms with Crippen molar-refractivity contribution in [1.29, 1.82) is 0 Å². The maximum Gasteiger partial charge on any atom is 0.335 e. The average Bonchev–Trinajstić information content (AvgIpc) is 3.46. The number of anilines is 2. The highest BCUT2D eigenvalue weighted by Crippen LogP contribution is 2.35. The Morgan fingerprint density at radius 3 is 2.84 bits per heavy atom. The number of ether oxygens (including phenoxy) is 1. The Morgan fingerprint density at radius 1 is 1.26 bits per heavy atom. The number of aromatic carboxylic acids is 1. The van der Waals surface area contributed by atoms with Crippen molar-refractivity contribution in [2.45, 2.75) is 25.4 Å². The number of amides is 2. The monoisotopic (exact) mass is 443 g/mol. The number of carbonyl (C=O) groups excluding carboxylic acids is 2. The SMILES string of the molecule is O=C(O)c1ccc2c(c1)N(C(=O)CNCCc1cccs1)CC(=O)N2CC1CCCO1. The quantitative estimate of drug-likeness (QED) is 0.607. The number of carboxylic acids is 1. The largest absolute Gasteiger partial charge is 0.478 e. The van der Waals surface area contributed by atoms with E-state index in [1.54, 1.807) is 22.3 Å². The molecular formula is C22H25N3O5S. The van der Waals surface area contributed by atoms with E-state index in [9.17, 15) is 19.5 Å². The van der Waals surface area contributed by atoms with Gasteiger partial charge in [-0.1, -0.05) is 6.07 Å². The summed E-state index contributed by atoms with van der Waals surface area (Å²) in [6, 6.07) is 8.57. The van der Waals surface area contributed by atoms with Gasteiger partial charge in [0.15, 0.2) is 0 Å². The van der Waals surface area contributed by atoms with Gasteiger partial charge in [0.2, 0.25) is 11.8 Å². The minimum Gasteiger partial charge on any atom is -0.478 e. The lowest BCUT2D eigenvalue weighted by Crippen LogP contribution is -2.52. The van der Waals surface area contributed by atoms with E-state index < -0.39 is 5.97 Å². The lowest BCUT2D eigenvalue weighted by Gasteiger charge is -2.37. The highest BCUT2D eigenvalue weighted by molar-refractivity contribution is 7.09. The second-order valence-electron chi connectivity index (χ2n) is 7.63. The second-order valence-corrected chi connectivity index (χ2v) is 8.67. The van der Waals surface area contributed by atoms with Gasteiger partial charge in [-0.25, -0.2) is 4.79 Å². The molecule has 1 unspecified atom stereocenters. The summed E-state index contributed by atoms with van der Waals surface area (Å²) < 4.78 is 5.67. The van der Waals surface area contributed by atoms with E-state index in [1.165, 1.54) is 21.9 Å². The first-order chi connectivity index (χ1) is 15.0. The third kappa shape index (κ3) is 4.95. The number of nitrogens with one attached hydrogen (secondary N) is 1. The van der Waals surface area contributed by atoms with E-state index in [4.69, 9.17) is 4.74 Å². The molecule has 1 saturated heterocycles. The maximum absolute atomic E-state index is 12.9. The molecule has 0 spiro atoms. The predicted molar refractivity (Wildman–Crippen MR) is 118 cm³/mol. The van der Waals surface area contributed by atoms with E-state index in [2.05, 4.69) is 5.32 Å². The highest BCUT2D eigenvalue weighted by atomic mass is 32.1. The summed E-state index contributed by atoms with van der Waals surface area (Å²) in [5.41, 5.74) is 1.07. The lowest BCUT2D eigenvalue weighted by atomic mass is 10.1. The molecule has 1 atom stereocenters. The molecule has 9 heteroatoms. The molecule has 2 aliphatic heterocycles. The van der Waals surface area contributed by atoms with Crippen LogP contribution in [0.1, 0.15) is 28.1 Å². The van der Waals surface area contributed by atoms with Crippen LogP contribution in [0.2, 0.25) is 0 Å². The second kappa shape index (κ2) is 9.59. The van der Waals surface area contributed by atoms with Crippen LogP contribution in [-0.2, 0) is 20.7 Å². The summed E-state index contributed by atoms with van der Waals surface area (Å²) in [7, 11) is 0. The van der Waals surface area contributed by atoms with Crippen molar-refractivity contribution in [3.05, 3.63) is 46.2 Å². The van der Waals surface area contributed by atoms with E-state index in [0.717, 1.165) is 19.3 Å². The van der Waals surface area contributed by atoms with E-state index in [1.807, 2.05) is 17.5 Å². The van der Waals surface area contributed by atoms with E-state index in [-0.39, 0.29) is 36.6 Å². The zero-order chi connectivity index (χ0) is 21.8. The highest BCUT2D eigenvalue weighted by Gasteiger charge is 2.34. The van der Waals surface area contributed by atoms with Gasteiger partial charge in [-0.2, -0.15) is 0 Å². The summed E-state index contributed by atoms with van der Waals surface area (Å²) in [6.45, 7) is 1.68. The van der Waals surface area contributed by atoms with Crippen LogP contribution < -0.4 is 15.1 Å². The molecule has 164 valence electrons. The number of benzene rings is 1. The third-order valence-electron chi connectivity index (χ3n) is 5.51. The number of fused-ring (bicyclic) bond motifs is 1. The standard InChI is InChI=1S/C22H25N3O5S/c26-20(12-23-8-7-17-4-2-10-31-17)25-14-21(27)24(13-16-3-1-9-30-16)18-6-5-15(22(28)29)11-19(18)25/h2,4-6,10-11,16,23H,1,3,7-9,12-14H2,(H,28,29). The molecule has 2 amide bonds. The van der Waals surface area contributed by atoms with Gasteiger partial charge >= 0.3 is 5.97 Å². The fraction of sp³-hybridized carbons (Fsp3) is 0.409. The fourth-order valence-corrected chi connectivity index (χ4v) is 4.62. The van der Waals surface area contributed by atoms with Crippen molar-refractivity contribution in [2.24, 2.45) is 0 Å². The molecule has 4 rings (SSSR count). The number of hydrogen-bond donors (Lipinski definition) is 2. The number of rotatable bonds is 8. The third-order valence-corrected chi connectivity index (χ3v) is 6.45. The number of thiophene rings is 1. The van der Waals surface area contributed by atoms with Crippen LogP contribution in [0.5, 0.6) is 0 Å². The Balaban J connectivity index is 1.50. The van der Waals surface area contributed by atoms with Crippen molar-refractivity contribution in [3.8, 4) is 0 Å². The summed E-state index contributed by atoms with van der Waals surface area (Å²) >= 11 is 1.67. The van der Waals surface area contributed by atoms with Crippen molar-refractivity contribution < 1.29 is 24.2 Å². The minimum absolute atomic E-state index is 0.0443. The zero-order valence-corrected chi connectivity index (χ0v) is 17.9. The van der Waals surface area contributed by atoms with Gasteiger partial charge in [-0.3, -0.25) is 14.5 Å². The van der Waals surface area contributed by atoms with Crippen molar-refractivity contribution in [2.75, 3.05) is 42.6 Å². The first-order valence-corrected chi connectivity index (χ1v) is 11.2. The van der Waals surface area contributed by atoms with E-state index >= 15 is 0 Å². The summed E-state index contributed by atoms with van der Waals surface area (Å²) in [5, 5.41) is 14.5. The van der Waals surface area contributed by atoms with Gasteiger partial charge in [0.05, 0.1) is 36.1 Å². The minimum atomic E-state index is -1.08. The van der Waals surface area contributed by atoms with Gasteiger partial charge < -0.3 is 20.1 Å². The number of nitrogens with zero attached hydrogens (tertiary/aromatic N) is 2. The predicted octanol–water partition coefficient (Wildman–Crippen LogP) is 2.14. The van der Waals surface area contributed by atoms with Gasteiger partial charge in [-0.15, -0.1) is 11.3 Å². The molecule has 0 aliphatic carbocycles. The number of carboxylic acid groups (broad SMARTS) is 1. The van der Waals surface area contributed by atoms with E-state index in [0.29, 0.717) is 31.1 Å². The van der Waals surface area contributed by atoms with Crippen LogP contribution in [0.3, 0.4) is 0 Å². The van der Waals surface area contributed by atoms with Gasteiger partial charge in [0.25, 0.3) is 0 Å². The smallest absolute Gasteiger partial charge is 0.335 e. The van der Waals surface area contributed by atoms with Crippen molar-refractivity contribution in [1.82, 2.24) is 5.32 Å². The summed E-state index contributed by atoms with van der Waals surface area (Å²) in [5.74, 6) is -1.54. The first-order valence-electron chi connectivity index (χ1n) is 10.4. The normalized spacial score (nSPS) is 18.3. The molecule has 2 aromatic rings. The Hall–Kier alpha value is -2.75. The fourth-order valence-electron chi connectivity index (χ4n) is 3.91. The molecule has 8 nitrogen and oxygen atoms in total. The van der Waals surface area contributed by atoms with Gasteiger partial charge in [0, 0.05) is 18.0 Å². The summed E-state index contributed by atoms with van der Waals surface area (Å²) in [4.78, 5) is 41.6. The molecule has 0 radical (unpaired) electrons. The van der Waals surface area contributed by atoms with Gasteiger partial charge in [-0.05, 0) is 48.9 Å². The molecule has 2 aliphatic rings. The molecule has 1 fully saturated rings. The molecule has 0 saturated carbocycles. The topological polar surface area (TPSA) is 99.2 Å². The number of hydrogen-bond acceptors (Lipinski definition) is 6. The average molecular weight is 444 g/mol. The molecule has 31 heavy (non-hydrogen) atoms. The molecule has 0 bridgehead atoms. The zero-order valence-electron chi connectivity index (χ0n) is 17.1. The molecule has 1 aromatic heterocycles. The molecule has 1 aromatic carbocycles.